The minimum atomic E-state index is 0.747. The van der Waals surface area contributed by atoms with Crippen LogP contribution in [-0.4, -0.2) is 13.3 Å². The Bertz CT molecular complexity index is 268. The fraction of sp³-hybridized carbons (Fsp3) is 0.222. The van der Waals surface area contributed by atoms with E-state index in [2.05, 4.69) is 5.32 Å². The quantitative estimate of drug-likeness (QED) is 0.650. The van der Waals surface area contributed by atoms with Crippen LogP contribution in [0, 0.1) is 6.92 Å². The highest BCUT2D eigenvalue weighted by Crippen LogP contribution is 2.16. The molecule has 0 aliphatic carbocycles. The molecule has 58 valence electrons. The first-order valence-corrected chi connectivity index (χ1v) is 3.52. The third kappa shape index (κ3) is 1.40. The van der Waals surface area contributed by atoms with Crippen LogP contribution < -0.4 is 5.32 Å². The zero-order valence-corrected chi connectivity index (χ0v) is 6.72. The second-order valence-electron chi connectivity index (χ2n) is 2.39. The van der Waals surface area contributed by atoms with Crippen LogP contribution in [0.2, 0.25) is 0 Å². The molecule has 0 fully saturated rings. The number of benzene rings is 1. The van der Waals surface area contributed by atoms with Crippen molar-refractivity contribution in [2.24, 2.45) is 0 Å². The highest BCUT2D eigenvalue weighted by atomic mass is 16.1. The van der Waals surface area contributed by atoms with Gasteiger partial charge in [-0.3, -0.25) is 4.79 Å². The zero-order chi connectivity index (χ0) is 8.27. The number of hydrogen-bond donors (Lipinski definition) is 1. The Morgan fingerprint density at radius 3 is 2.73 bits per heavy atom. The van der Waals surface area contributed by atoms with Crippen molar-refractivity contribution >= 4 is 12.0 Å². The minimum Gasteiger partial charge on any atom is -0.388 e. The van der Waals surface area contributed by atoms with Crippen LogP contribution in [0.1, 0.15) is 15.9 Å². The molecular weight excluding hydrogens is 138 g/mol. The van der Waals surface area contributed by atoms with Crippen LogP contribution in [0.3, 0.4) is 0 Å². The largest absolute Gasteiger partial charge is 0.388 e. The van der Waals surface area contributed by atoms with E-state index in [1.807, 2.05) is 32.2 Å². The first kappa shape index (κ1) is 7.79. The van der Waals surface area contributed by atoms with Gasteiger partial charge in [0.15, 0.2) is 0 Å². The fourth-order valence-corrected chi connectivity index (χ4v) is 1.05. The lowest BCUT2D eigenvalue weighted by molar-refractivity contribution is 0.112. The lowest BCUT2D eigenvalue weighted by Crippen LogP contribution is -1.94. The Kier molecular flexibility index (Phi) is 2.26. The molecule has 11 heavy (non-hydrogen) atoms. The molecule has 1 aromatic carbocycles. The van der Waals surface area contributed by atoms with E-state index in [-0.39, 0.29) is 0 Å². The van der Waals surface area contributed by atoms with Gasteiger partial charge in [0.1, 0.15) is 6.29 Å². The molecule has 0 aliphatic rings. The first-order chi connectivity index (χ1) is 5.29. The zero-order valence-electron chi connectivity index (χ0n) is 6.72. The van der Waals surface area contributed by atoms with Gasteiger partial charge in [-0.25, -0.2) is 0 Å². The molecular formula is C9H11NO. The van der Waals surface area contributed by atoms with Gasteiger partial charge in [0.25, 0.3) is 0 Å². The van der Waals surface area contributed by atoms with Gasteiger partial charge < -0.3 is 5.32 Å². The summed E-state index contributed by atoms with van der Waals surface area (Å²) in [6, 6.07) is 5.62. The van der Waals surface area contributed by atoms with Crippen LogP contribution in [0.25, 0.3) is 0 Å². The number of rotatable bonds is 2. The second-order valence-corrected chi connectivity index (χ2v) is 2.39. The number of anilines is 1. The Labute approximate surface area is 66.2 Å². The van der Waals surface area contributed by atoms with E-state index in [9.17, 15) is 4.79 Å². The lowest BCUT2D eigenvalue weighted by atomic mass is 10.1. The smallest absolute Gasteiger partial charge is 0.150 e. The van der Waals surface area contributed by atoms with Gasteiger partial charge >= 0.3 is 0 Å². The predicted molar refractivity (Wildman–Crippen MR) is 46.1 cm³/mol. The van der Waals surface area contributed by atoms with E-state index in [1.165, 1.54) is 0 Å². The van der Waals surface area contributed by atoms with Crippen molar-refractivity contribution in [3.63, 3.8) is 0 Å². The molecule has 0 heterocycles. The summed E-state index contributed by atoms with van der Waals surface area (Å²) >= 11 is 0. The van der Waals surface area contributed by atoms with Crippen LogP contribution in [0.15, 0.2) is 18.2 Å². The predicted octanol–water partition coefficient (Wildman–Crippen LogP) is 1.85. The molecule has 0 bridgehead atoms. The highest BCUT2D eigenvalue weighted by Gasteiger charge is 1.99. The number of hydrogen-bond acceptors (Lipinski definition) is 2. The van der Waals surface area contributed by atoms with Crippen molar-refractivity contribution < 1.29 is 4.79 Å². The van der Waals surface area contributed by atoms with Gasteiger partial charge in [0, 0.05) is 18.3 Å². The van der Waals surface area contributed by atoms with E-state index in [4.69, 9.17) is 0 Å². The van der Waals surface area contributed by atoms with E-state index in [0.717, 1.165) is 23.1 Å². The van der Waals surface area contributed by atoms with Gasteiger partial charge in [-0.2, -0.15) is 0 Å². The van der Waals surface area contributed by atoms with E-state index >= 15 is 0 Å². The first-order valence-electron chi connectivity index (χ1n) is 3.52. The molecule has 2 heteroatoms. The third-order valence-corrected chi connectivity index (χ3v) is 1.77. The molecule has 0 spiro atoms. The van der Waals surface area contributed by atoms with Gasteiger partial charge in [-0.05, 0) is 18.6 Å². The van der Waals surface area contributed by atoms with Crippen LogP contribution >= 0.6 is 0 Å². The van der Waals surface area contributed by atoms with E-state index in [1.54, 1.807) is 0 Å². The second kappa shape index (κ2) is 3.19. The highest BCUT2D eigenvalue weighted by molar-refractivity contribution is 5.80. The van der Waals surface area contributed by atoms with E-state index < -0.39 is 0 Å². The SMILES string of the molecule is CNc1cccc(C=O)c1C. The normalized spacial score (nSPS) is 9.27. The van der Waals surface area contributed by atoms with E-state index in [0.29, 0.717) is 0 Å². The maximum absolute atomic E-state index is 10.5. The van der Waals surface area contributed by atoms with Crippen LogP contribution in [0.5, 0.6) is 0 Å². The summed E-state index contributed by atoms with van der Waals surface area (Å²) in [5.74, 6) is 0. The maximum Gasteiger partial charge on any atom is 0.150 e. The molecule has 0 atom stereocenters. The molecule has 0 amide bonds. The average molecular weight is 149 g/mol. The summed E-state index contributed by atoms with van der Waals surface area (Å²) in [7, 11) is 1.84. The monoisotopic (exact) mass is 149 g/mol. The molecule has 2 nitrogen and oxygen atoms in total. The number of aldehydes is 1. The molecule has 0 unspecified atom stereocenters. The standard InChI is InChI=1S/C9H11NO/c1-7-8(6-11)4-3-5-9(7)10-2/h3-6,10H,1-2H3. The van der Waals surface area contributed by atoms with Crippen molar-refractivity contribution in [3.8, 4) is 0 Å². The average Bonchev–Trinajstić information content (AvgIpc) is 2.05. The van der Waals surface area contributed by atoms with Crippen molar-refractivity contribution in [1.82, 2.24) is 0 Å². The molecule has 1 rings (SSSR count). The summed E-state index contributed by atoms with van der Waals surface area (Å²) in [6.45, 7) is 1.93. The van der Waals surface area contributed by atoms with Crippen LogP contribution in [0.4, 0.5) is 5.69 Å². The lowest BCUT2D eigenvalue weighted by Gasteiger charge is -2.05. The molecule has 1 N–H and O–H groups in total. The van der Waals surface area contributed by atoms with Gasteiger partial charge in [-0.1, -0.05) is 12.1 Å². The third-order valence-electron chi connectivity index (χ3n) is 1.77. The summed E-state index contributed by atoms with van der Waals surface area (Å²) in [4.78, 5) is 10.5. The number of carbonyl (C=O) groups is 1. The minimum absolute atomic E-state index is 0.747. The van der Waals surface area contributed by atoms with Gasteiger partial charge in [0.2, 0.25) is 0 Å². The van der Waals surface area contributed by atoms with Crippen molar-refractivity contribution in [2.45, 2.75) is 6.92 Å². The molecule has 0 radical (unpaired) electrons. The summed E-state index contributed by atoms with van der Waals surface area (Å²) in [5.41, 5.74) is 2.76. The molecule has 0 saturated heterocycles. The van der Waals surface area contributed by atoms with Crippen LogP contribution in [-0.2, 0) is 0 Å². The topological polar surface area (TPSA) is 29.1 Å². The fourth-order valence-electron chi connectivity index (χ4n) is 1.05. The van der Waals surface area contributed by atoms with Crippen molar-refractivity contribution in [3.05, 3.63) is 29.3 Å². The summed E-state index contributed by atoms with van der Waals surface area (Å²) < 4.78 is 0. The van der Waals surface area contributed by atoms with Crippen molar-refractivity contribution in [2.75, 3.05) is 12.4 Å². The molecule has 0 saturated carbocycles. The summed E-state index contributed by atoms with van der Waals surface area (Å²) in [6.07, 6.45) is 0.871. The Hall–Kier alpha value is -1.31. The molecule has 1 aromatic rings. The Morgan fingerprint density at radius 1 is 1.45 bits per heavy atom. The molecule has 0 aliphatic heterocycles. The Morgan fingerprint density at radius 2 is 2.18 bits per heavy atom. The number of carbonyl (C=O) groups excluding carboxylic acids is 1. The molecule has 0 aromatic heterocycles. The summed E-state index contributed by atoms with van der Waals surface area (Å²) in [5, 5.41) is 3.01. The van der Waals surface area contributed by atoms with Gasteiger partial charge in [-0.15, -0.1) is 0 Å². The number of nitrogens with one attached hydrogen (secondary N) is 1. The maximum atomic E-state index is 10.5. The van der Waals surface area contributed by atoms with Gasteiger partial charge in [0.05, 0.1) is 0 Å². The Balaban J connectivity index is 3.20. The van der Waals surface area contributed by atoms with Crippen molar-refractivity contribution in [1.29, 1.82) is 0 Å².